The number of carbonyl (C=O) groups excluding carboxylic acids is 2. The van der Waals surface area contributed by atoms with Gasteiger partial charge in [0.25, 0.3) is 0 Å². The molecule has 6 rings (SSSR count). The van der Waals surface area contributed by atoms with Crippen molar-refractivity contribution in [2.75, 3.05) is 46.0 Å². The number of hydrogen-bond acceptors (Lipinski definition) is 13. The van der Waals surface area contributed by atoms with Gasteiger partial charge in [0.15, 0.2) is 15.4 Å². The predicted octanol–water partition coefficient (Wildman–Crippen LogP) is 9.06. The lowest BCUT2D eigenvalue weighted by molar-refractivity contribution is 0.260. The Labute approximate surface area is 362 Å². The zero-order chi connectivity index (χ0) is 43.1. The zero-order valence-electron chi connectivity index (χ0n) is 34.2. The van der Waals surface area contributed by atoms with Crippen molar-refractivity contribution in [1.82, 2.24) is 29.9 Å². The highest BCUT2D eigenvalue weighted by Crippen LogP contribution is 2.29. The fourth-order valence-corrected chi connectivity index (χ4v) is 8.84. The molecule has 20 heteroatoms. The number of rotatable bonds is 18. The number of hydrogen-bond donors (Lipinski definition) is 6. The molecule has 6 N–H and O–H groups in total. The van der Waals surface area contributed by atoms with E-state index >= 15 is 0 Å². The summed E-state index contributed by atoms with van der Waals surface area (Å²) in [5.74, 6) is 2.81. The van der Waals surface area contributed by atoms with E-state index in [1.165, 1.54) is 35.1 Å². The molecule has 0 radical (unpaired) electrons. The van der Waals surface area contributed by atoms with Crippen LogP contribution in [0.15, 0.2) is 83.9 Å². The minimum atomic E-state index is -3.49. The van der Waals surface area contributed by atoms with Gasteiger partial charge in [0.2, 0.25) is 15.0 Å². The number of carbonyl (C=O) groups is 2. The van der Waals surface area contributed by atoms with Gasteiger partial charge >= 0.3 is 12.1 Å². The molecule has 0 fully saturated rings. The maximum atomic E-state index is 12.4. The number of aromatic amines is 2. The van der Waals surface area contributed by atoms with Gasteiger partial charge in [-0.2, -0.15) is 0 Å². The van der Waals surface area contributed by atoms with Crippen molar-refractivity contribution >= 4 is 78.0 Å². The van der Waals surface area contributed by atoms with Crippen LogP contribution < -0.4 is 30.7 Å². The Morgan fingerprint density at radius 2 is 1.23 bits per heavy atom. The quantitative estimate of drug-likeness (QED) is 0.0447. The number of H-pyrrole nitrogens is 2. The second-order valence-corrected chi connectivity index (χ2v) is 19.6. The normalized spacial score (nSPS) is 11.2. The Hall–Kier alpha value is -5.44. The third-order valence-corrected chi connectivity index (χ3v) is 12.3. The number of amides is 4. The van der Waals surface area contributed by atoms with Gasteiger partial charge in [-0.15, -0.1) is 22.7 Å². The van der Waals surface area contributed by atoms with Crippen molar-refractivity contribution in [3.05, 3.63) is 94.5 Å². The van der Waals surface area contributed by atoms with Crippen LogP contribution in [0.1, 0.15) is 48.6 Å². The lowest BCUT2D eigenvalue weighted by Crippen LogP contribution is -2.20. The van der Waals surface area contributed by atoms with Crippen molar-refractivity contribution in [3.8, 4) is 11.5 Å². The van der Waals surface area contributed by atoms with Crippen LogP contribution in [0.4, 0.5) is 31.2 Å². The topological polar surface area (TPSA) is 218 Å². The number of sulfone groups is 1. The highest BCUT2D eigenvalue weighted by atomic mass is 32.2. The first kappa shape index (κ1) is 45.6. The van der Waals surface area contributed by atoms with Gasteiger partial charge in [-0.05, 0) is 73.9 Å². The van der Waals surface area contributed by atoms with Crippen molar-refractivity contribution in [2.24, 2.45) is 11.8 Å². The van der Waals surface area contributed by atoms with E-state index in [1.54, 1.807) is 36.4 Å². The second-order valence-electron chi connectivity index (χ2n) is 14.3. The number of imidazole rings is 2. The Morgan fingerprint density at radius 1 is 0.717 bits per heavy atom. The molecule has 60 heavy (non-hydrogen) atoms. The number of benzene rings is 2. The Bertz CT molecular complexity index is 2380. The number of thioether (sulfide) groups is 1. The fourth-order valence-electron chi connectivity index (χ4n) is 5.01. The molecular formula is C40H50N10O6S4. The van der Waals surface area contributed by atoms with E-state index in [0.29, 0.717) is 58.2 Å². The van der Waals surface area contributed by atoms with E-state index in [0.717, 1.165) is 38.2 Å². The summed E-state index contributed by atoms with van der Waals surface area (Å²) in [5.41, 5.74) is 3.30. The van der Waals surface area contributed by atoms with Crippen molar-refractivity contribution < 1.29 is 27.5 Å². The molecule has 4 aromatic heterocycles. The summed E-state index contributed by atoms with van der Waals surface area (Å²) in [6, 6.07) is 10.5. The number of aryl methyl sites for hydroxylation is 4. The molecule has 0 aliphatic rings. The van der Waals surface area contributed by atoms with Gasteiger partial charge in [-0.3, -0.25) is 10.6 Å². The Kier molecular flexibility index (Phi) is 16.9. The van der Waals surface area contributed by atoms with Crippen LogP contribution in [0.2, 0.25) is 0 Å². The Morgan fingerprint density at radius 3 is 1.72 bits per heavy atom. The van der Waals surface area contributed by atoms with Crippen molar-refractivity contribution in [2.45, 2.75) is 64.7 Å². The lowest BCUT2D eigenvalue weighted by Gasteiger charge is -2.14. The first-order chi connectivity index (χ1) is 28.7. The van der Waals surface area contributed by atoms with Crippen molar-refractivity contribution in [1.29, 1.82) is 0 Å². The first-order valence-electron chi connectivity index (χ1n) is 19.1. The number of anilines is 4. The predicted molar refractivity (Wildman–Crippen MR) is 240 cm³/mol. The molecule has 0 atom stereocenters. The van der Waals surface area contributed by atoms with Gasteiger partial charge < -0.3 is 30.1 Å². The standard InChI is InChI=1S/C20H25N5O4S2.C20H25N5O2S2/c1-13(2)12-29-17-10-14(3)4-5-16(17)24-18(26)25-19-23-11-15(30-19)6-9-31(27,28)20-21-7-8-22-20;1-13(2)12-27-17-10-14(3)4-5-16(17)24-18(26)25-20-23-11-15(29-20)6-9-28-19-21-7-8-22-19/h4-5,7-8,10-11,13H,6,9,12H2,1-3H3,(H,21,22)(H2,23,24,25,26);4-5,7-8,10-11,13H,6,9,12H2,1-3H3,(H,21,22)(H2,23,24,25,26). The minimum Gasteiger partial charge on any atom is -0.491 e. The molecule has 0 unspecified atom stereocenters. The highest BCUT2D eigenvalue weighted by molar-refractivity contribution is 7.99. The summed E-state index contributed by atoms with van der Waals surface area (Å²) in [4.78, 5) is 48.8. The molecule has 0 bridgehead atoms. The molecule has 2 aromatic carbocycles. The van der Waals surface area contributed by atoms with Gasteiger partial charge in [0, 0.05) is 52.7 Å². The van der Waals surface area contributed by atoms with Gasteiger partial charge in [-0.25, -0.2) is 37.9 Å². The number of thiazole rings is 2. The molecule has 6 aromatic rings. The first-order valence-corrected chi connectivity index (χ1v) is 23.4. The summed E-state index contributed by atoms with van der Waals surface area (Å²) in [6.07, 6.45) is 10.9. The smallest absolute Gasteiger partial charge is 0.325 e. The van der Waals surface area contributed by atoms with Crippen LogP contribution in [0.5, 0.6) is 11.5 Å². The van der Waals surface area contributed by atoms with Crippen LogP contribution in [-0.2, 0) is 22.7 Å². The molecule has 0 saturated carbocycles. The third-order valence-electron chi connectivity index (χ3n) is 7.91. The minimum absolute atomic E-state index is 0.0525. The molecular weight excluding hydrogens is 845 g/mol. The number of urea groups is 2. The van der Waals surface area contributed by atoms with E-state index < -0.39 is 15.9 Å². The van der Waals surface area contributed by atoms with Gasteiger partial charge in [0.05, 0.1) is 30.3 Å². The van der Waals surface area contributed by atoms with E-state index in [1.807, 2.05) is 50.4 Å². The third kappa shape index (κ3) is 15.0. The van der Waals surface area contributed by atoms with Gasteiger partial charge in [-0.1, -0.05) is 51.6 Å². The summed E-state index contributed by atoms with van der Waals surface area (Å²) in [7, 11) is -3.49. The SMILES string of the molecule is Cc1ccc(NC(=O)Nc2ncc(CCS(=O)(=O)c3ncc[nH]3)s2)c(OCC(C)C)c1.Cc1ccc(NC(=O)Nc2ncc(CCSc3ncc[nH]3)s2)c(OCC(C)C)c1. The summed E-state index contributed by atoms with van der Waals surface area (Å²) in [6.45, 7) is 13.3. The number of ether oxygens (including phenoxy) is 2. The van der Waals surface area contributed by atoms with Crippen LogP contribution >= 0.6 is 34.4 Å². The van der Waals surface area contributed by atoms with E-state index in [4.69, 9.17) is 9.47 Å². The largest absolute Gasteiger partial charge is 0.491 e. The molecule has 320 valence electrons. The molecule has 0 aliphatic carbocycles. The van der Waals surface area contributed by atoms with Crippen LogP contribution in [0.3, 0.4) is 0 Å². The van der Waals surface area contributed by atoms with Crippen LogP contribution in [0.25, 0.3) is 0 Å². The molecule has 0 spiro atoms. The second kappa shape index (κ2) is 22.2. The van der Waals surface area contributed by atoms with E-state index in [-0.39, 0.29) is 23.4 Å². The maximum absolute atomic E-state index is 12.4. The number of aromatic nitrogens is 6. The summed E-state index contributed by atoms with van der Waals surface area (Å²) >= 11 is 4.35. The summed E-state index contributed by atoms with van der Waals surface area (Å²) in [5, 5.41) is 12.9. The Balaban J connectivity index is 0.000000228. The van der Waals surface area contributed by atoms with Crippen molar-refractivity contribution in [3.63, 3.8) is 0 Å². The molecule has 0 saturated heterocycles. The highest BCUT2D eigenvalue weighted by Gasteiger charge is 2.18. The molecule has 0 aliphatic heterocycles. The fraction of sp³-hybridized carbons (Fsp3) is 0.350. The summed E-state index contributed by atoms with van der Waals surface area (Å²) < 4.78 is 36.1. The number of nitrogens with one attached hydrogen (secondary N) is 6. The van der Waals surface area contributed by atoms with E-state index in [2.05, 4.69) is 78.9 Å². The zero-order valence-corrected chi connectivity index (χ0v) is 37.5. The molecule has 16 nitrogen and oxygen atoms in total. The molecule has 4 amide bonds. The van der Waals surface area contributed by atoms with Crippen LogP contribution in [0, 0.1) is 25.7 Å². The van der Waals surface area contributed by atoms with Gasteiger partial charge in [0.1, 0.15) is 11.5 Å². The monoisotopic (exact) mass is 894 g/mol. The molecule has 4 heterocycles. The van der Waals surface area contributed by atoms with E-state index in [9.17, 15) is 18.0 Å². The average molecular weight is 895 g/mol. The lowest BCUT2D eigenvalue weighted by atomic mass is 10.2. The average Bonchev–Trinajstić information content (AvgIpc) is 4.04. The van der Waals surface area contributed by atoms with Crippen LogP contribution in [-0.4, -0.2) is 75.1 Å². The maximum Gasteiger partial charge on any atom is 0.325 e. The number of nitrogens with zero attached hydrogens (tertiary/aromatic N) is 4.